The highest BCUT2D eigenvalue weighted by Gasteiger charge is 2.35. The van der Waals surface area contributed by atoms with Crippen LogP contribution in [0.1, 0.15) is 30.0 Å². The predicted molar refractivity (Wildman–Crippen MR) is 179 cm³/mol. The quantitative estimate of drug-likeness (QED) is 0.187. The van der Waals surface area contributed by atoms with Crippen molar-refractivity contribution in [1.82, 2.24) is 10.2 Å². The maximum atomic E-state index is 14.6. The first-order valence-corrected chi connectivity index (χ1v) is 16.6. The molecule has 1 N–H and O–H groups in total. The molecule has 0 fully saturated rings. The lowest BCUT2D eigenvalue weighted by atomic mass is 10.0. The molecule has 0 saturated heterocycles. The maximum Gasteiger partial charge on any atom is 0.264 e. The molecule has 4 rings (SSSR count). The van der Waals surface area contributed by atoms with Gasteiger partial charge in [-0.05, 0) is 48.7 Å². The van der Waals surface area contributed by atoms with Crippen LogP contribution >= 0.6 is 0 Å². The molecule has 0 saturated carbocycles. The number of anilines is 1. The van der Waals surface area contributed by atoms with Crippen LogP contribution in [0.15, 0.2) is 108 Å². The molecule has 4 aromatic rings. The van der Waals surface area contributed by atoms with Gasteiger partial charge in [0.15, 0.2) is 0 Å². The predicted octanol–water partition coefficient (Wildman–Crippen LogP) is 5.37. The molecule has 1 atom stereocenters. The maximum absolute atomic E-state index is 14.6. The third-order valence-electron chi connectivity index (χ3n) is 7.56. The second-order valence-corrected chi connectivity index (χ2v) is 12.7. The minimum atomic E-state index is -4.30. The molecular formula is C36H41N3O6S. The largest absolute Gasteiger partial charge is 0.497 e. The summed E-state index contributed by atoms with van der Waals surface area (Å²) in [5.74, 6) is -0.256. The number of carbonyl (C=O) groups is 2. The summed E-state index contributed by atoms with van der Waals surface area (Å²) < 4.78 is 40.7. The van der Waals surface area contributed by atoms with Gasteiger partial charge in [-0.1, -0.05) is 85.3 Å². The average Bonchev–Trinajstić information content (AvgIpc) is 3.08. The third kappa shape index (κ3) is 8.45. The first-order valence-electron chi connectivity index (χ1n) is 15.1. The van der Waals surface area contributed by atoms with Crippen molar-refractivity contribution in [2.24, 2.45) is 0 Å². The van der Waals surface area contributed by atoms with Crippen molar-refractivity contribution in [1.29, 1.82) is 0 Å². The molecule has 0 bridgehead atoms. The number of aryl methyl sites for hydroxylation is 1. The van der Waals surface area contributed by atoms with E-state index in [1.807, 2.05) is 74.5 Å². The molecule has 46 heavy (non-hydrogen) atoms. The Morgan fingerprint density at radius 1 is 0.826 bits per heavy atom. The van der Waals surface area contributed by atoms with Gasteiger partial charge in [-0.3, -0.25) is 13.9 Å². The zero-order valence-corrected chi connectivity index (χ0v) is 27.5. The fourth-order valence-electron chi connectivity index (χ4n) is 5.04. The number of rotatable bonds is 15. The fourth-order valence-corrected chi connectivity index (χ4v) is 6.46. The van der Waals surface area contributed by atoms with Crippen LogP contribution in [0.4, 0.5) is 5.69 Å². The summed E-state index contributed by atoms with van der Waals surface area (Å²) >= 11 is 0. The Balaban J connectivity index is 1.84. The molecule has 0 heterocycles. The lowest BCUT2D eigenvalue weighted by Gasteiger charge is -2.34. The van der Waals surface area contributed by atoms with Gasteiger partial charge in [0.05, 0.1) is 24.8 Å². The van der Waals surface area contributed by atoms with Crippen molar-refractivity contribution in [3.8, 4) is 11.5 Å². The van der Waals surface area contributed by atoms with Gasteiger partial charge in [0.1, 0.15) is 24.1 Å². The van der Waals surface area contributed by atoms with Crippen LogP contribution in [0.3, 0.4) is 0 Å². The van der Waals surface area contributed by atoms with E-state index in [2.05, 4.69) is 5.32 Å². The van der Waals surface area contributed by atoms with Gasteiger partial charge >= 0.3 is 0 Å². The van der Waals surface area contributed by atoms with E-state index in [1.54, 1.807) is 24.3 Å². The van der Waals surface area contributed by atoms with Gasteiger partial charge in [0, 0.05) is 25.6 Å². The standard InChI is InChI=1S/C36H41N3O6S/c1-5-22-37-36(41)33(23-28-12-8-6-9-13-28)38(25-29-14-10-7-11-15-29)35(40)26-39(32-24-30(44-3)18-21-34(32)45-4)46(42,43)31-19-16-27(2)17-20-31/h6-21,24,33H,5,22-23,25-26H2,1-4H3,(H,37,41). The number of carbonyl (C=O) groups excluding carboxylic acids is 2. The summed E-state index contributed by atoms with van der Waals surface area (Å²) in [6.07, 6.45) is 0.955. The Hall–Kier alpha value is -4.83. The zero-order valence-electron chi connectivity index (χ0n) is 26.7. The van der Waals surface area contributed by atoms with Gasteiger partial charge in [0.2, 0.25) is 11.8 Å². The molecule has 1 unspecified atom stereocenters. The lowest BCUT2D eigenvalue weighted by molar-refractivity contribution is -0.140. The number of sulfonamides is 1. The van der Waals surface area contributed by atoms with Gasteiger partial charge < -0.3 is 19.7 Å². The Bertz CT molecular complexity index is 1700. The molecule has 4 aromatic carbocycles. The number of nitrogens with one attached hydrogen (secondary N) is 1. The number of ether oxygens (including phenoxy) is 2. The van der Waals surface area contributed by atoms with Crippen molar-refractivity contribution in [3.63, 3.8) is 0 Å². The molecule has 0 spiro atoms. The van der Waals surface area contributed by atoms with Crippen molar-refractivity contribution in [2.75, 3.05) is 31.6 Å². The third-order valence-corrected chi connectivity index (χ3v) is 9.33. The molecule has 2 amide bonds. The van der Waals surface area contributed by atoms with Gasteiger partial charge in [-0.15, -0.1) is 0 Å². The van der Waals surface area contributed by atoms with Crippen LogP contribution < -0.4 is 19.1 Å². The van der Waals surface area contributed by atoms with E-state index >= 15 is 0 Å². The SMILES string of the molecule is CCCNC(=O)C(Cc1ccccc1)N(Cc1ccccc1)C(=O)CN(c1cc(OC)ccc1OC)S(=O)(=O)c1ccc(C)cc1. The van der Waals surface area contributed by atoms with Crippen LogP contribution in [0.25, 0.3) is 0 Å². The Morgan fingerprint density at radius 3 is 2.04 bits per heavy atom. The molecule has 0 aliphatic carbocycles. The average molecular weight is 644 g/mol. The van der Waals surface area contributed by atoms with Gasteiger partial charge in [-0.25, -0.2) is 8.42 Å². The summed E-state index contributed by atoms with van der Waals surface area (Å²) in [4.78, 5) is 29.8. The topological polar surface area (TPSA) is 105 Å². The molecule has 10 heteroatoms. The molecule has 9 nitrogen and oxygen atoms in total. The first kappa shape index (κ1) is 34.1. The first-order chi connectivity index (χ1) is 22.2. The highest BCUT2D eigenvalue weighted by Crippen LogP contribution is 2.36. The minimum absolute atomic E-state index is 0.00640. The van der Waals surface area contributed by atoms with Crippen molar-refractivity contribution < 1.29 is 27.5 Å². The van der Waals surface area contributed by atoms with E-state index in [0.29, 0.717) is 18.7 Å². The summed E-state index contributed by atoms with van der Waals surface area (Å²) in [5.41, 5.74) is 2.68. The van der Waals surface area contributed by atoms with Crippen molar-refractivity contribution >= 4 is 27.5 Å². The molecular weight excluding hydrogens is 602 g/mol. The molecule has 242 valence electrons. The van der Waals surface area contributed by atoms with Crippen LogP contribution in [0, 0.1) is 6.92 Å². The van der Waals surface area contributed by atoms with Gasteiger partial charge in [0.25, 0.3) is 10.0 Å². The van der Waals surface area contributed by atoms with Crippen LogP contribution in [0.2, 0.25) is 0 Å². The monoisotopic (exact) mass is 643 g/mol. The molecule has 0 aliphatic heterocycles. The molecule has 0 aromatic heterocycles. The highest BCUT2D eigenvalue weighted by atomic mass is 32.2. The Kier molecular flexibility index (Phi) is 11.8. The fraction of sp³-hybridized carbons (Fsp3) is 0.278. The number of methoxy groups -OCH3 is 2. The van der Waals surface area contributed by atoms with Crippen molar-refractivity contribution in [2.45, 2.75) is 44.2 Å². The number of amides is 2. The van der Waals surface area contributed by atoms with E-state index in [9.17, 15) is 18.0 Å². The number of benzene rings is 4. The molecule has 0 aliphatic rings. The zero-order chi connectivity index (χ0) is 33.1. The van der Waals surface area contributed by atoms with Crippen LogP contribution in [-0.4, -0.2) is 58.5 Å². The normalized spacial score (nSPS) is 11.7. The summed E-state index contributed by atoms with van der Waals surface area (Å²) in [6, 6.07) is 29.0. The second kappa shape index (κ2) is 15.9. The number of hydrogen-bond acceptors (Lipinski definition) is 6. The summed E-state index contributed by atoms with van der Waals surface area (Å²) in [7, 11) is -1.40. The summed E-state index contributed by atoms with van der Waals surface area (Å²) in [5, 5.41) is 2.95. The smallest absolute Gasteiger partial charge is 0.264 e. The number of nitrogens with zero attached hydrogens (tertiary/aromatic N) is 2. The van der Waals surface area contributed by atoms with E-state index in [1.165, 1.54) is 37.3 Å². The summed E-state index contributed by atoms with van der Waals surface area (Å²) in [6.45, 7) is 3.74. The van der Waals surface area contributed by atoms with Gasteiger partial charge in [-0.2, -0.15) is 0 Å². The second-order valence-electron chi connectivity index (χ2n) is 10.9. The van der Waals surface area contributed by atoms with Crippen molar-refractivity contribution in [3.05, 3.63) is 120 Å². The van der Waals surface area contributed by atoms with E-state index < -0.39 is 28.5 Å². The Morgan fingerprint density at radius 2 is 1.46 bits per heavy atom. The van der Waals surface area contributed by atoms with E-state index in [4.69, 9.17) is 9.47 Å². The number of hydrogen-bond donors (Lipinski definition) is 1. The highest BCUT2D eigenvalue weighted by molar-refractivity contribution is 7.92. The van der Waals surface area contributed by atoms with E-state index in [0.717, 1.165) is 21.0 Å². The Labute approximate surface area is 271 Å². The van der Waals surface area contributed by atoms with Crippen LogP contribution in [0.5, 0.6) is 11.5 Å². The van der Waals surface area contributed by atoms with Crippen LogP contribution in [-0.2, 0) is 32.6 Å². The molecule has 0 radical (unpaired) electrons. The van der Waals surface area contributed by atoms with E-state index in [-0.39, 0.29) is 35.2 Å². The minimum Gasteiger partial charge on any atom is -0.497 e. The lowest BCUT2D eigenvalue weighted by Crippen LogP contribution is -2.53.